The molecule has 6 heteroatoms. The Morgan fingerprint density at radius 2 is 1.79 bits per heavy atom. The highest BCUT2D eigenvalue weighted by atomic mass is 16.5. The molecular weight excluding hydrogens is 306 g/mol. The van der Waals surface area contributed by atoms with Crippen LogP contribution in [-0.2, 0) is 9.59 Å². The molecule has 0 aliphatic carbocycles. The predicted octanol–water partition coefficient (Wildman–Crippen LogP) is 2.99. The number of rotatable bonds is 4. The molecule has 24 heavy (non-hydrogen) atoms. The number of nitrogens with one attached hydrogen (secondary N) is 2. The molecule has 0 unspecified atom stereocenters. The van der Waals surface area contributed by atoms with Crippen molar-refractivity contribution in [3.05, 3.63) is 54.1 Å². The van der Waals surface area contributed by atoms with Crippen LogP contribution < -0.4 is 15.5 Å². The second-order valence-electron chi connectivity index (χ2n) is 5.41. The van der Waals surface area contributed by atoms with Crippen LogP contribution in [0.5, 0.6) is 11.5 Å². The number of hydrogen-bond acceptors (Lipinski definition) is 4. The highest BCUT2D eigenvalue weighted by molar-refractivity contribution is 6.43. The fraction of sp³-hybridized carbons (Fsp3) is 0.167. The van der Waals surface area contributed by atoms with Crippen LogP contribution in [0.4, 0.5) is 5.69 Å². The van der Waals surface area contributed by atoms with Crippen LogP contribution in [0.15, 0.2) is 53.6 Å². The first kappa shape index (κ1) is 15.7. The zero-order valence-electron chi connectivity index (χ0n) is 13.2. The Morgan fingerprint density at radius 3 is 2.50 bits per heavy atom. The van der Waals surface area contributed by atoms with E-state index in [0.29, 0.717) is 23.6 Å². The molecule has 0 spiro atoms. The van der Waals surface area contributed by atoms with Crippen molar-refractivity contribution in [1.82, 2.24) is 5.43 Å². The predicted molar refractivity (Wildman–Crippen MR) is 91.1 cm³/mol. The second kappa shape index (κ2) is 6.95. The average Bonchev–Trinajstić information content (AvgIpc) is 2.59. The standard InChI is InChI=1S/C18H17N3O3/c1-12-6-2-4-8-15(12)24-16-9-5-3-7-13(16)19-18(23)14-10-11-17(22)21-20-14/h2-9H,10-11H2,1H3,(H,19,23)(H,21,22). The molecule has 2 amide bonds. The largest absolute Gasteiger partial charge is 0.455 e. The molecule has 2 N–H and O–H groups in total. The van der Waals surface area contributed by atoms with Crippen LogP contribution in [0.25, 0.3) is 0 Å². The van der Waals surface area contributed by atoms with Gasteiger partial charge in [-0.2, -0.15) is 5.10 Å². The fourth-order valence-corrected chi connectivity index (χ4v) is 2.28. The molecular formula is C18H17N3O3. The molecule has 2 aromatic rings. The Labute approximate surface area is 139 Å². The van der Waals surface area contributed by atoms with Gasteiger partial charge in [-0.1, -0.05) is 30.3 Å². The van der Waals surface area contributed by atoms with E-state index in [4.69, 9.17) is 4.74 Å². The molecule has 0 radical (unpaired) electrons. The minimum Gasteiger partial charge on any atom is -0.455 e. The fourth-order valence-electron chi connectivity index (χ4n) is 2.28. The van der Waals surface area contributed by atoms with Crippen molar-refractivity contribution in [3.63, 3.8) is 0 Å². The average molecular weight is 323 g/mol. The lowest BCUT2D eigenvalue weighted by Gasteiger charge is -2.15. The first-order valence-corrected chi connectivity index (χ1v) is 7.63. The lowest BCUT2D eigenvalue weighted by molar-refractivity contribution is -0.121. The number of anilines is 1. The highest BCUT2D eigenvalue weighted by Crippen LogP contribution is 2.31. The quantitative estimate of drug-likeness (QED) is 0.907. The maximum Gasteiger partial charge on any atom is 0.271 e. The summed E-state index contributed by atoms with van der Waals surface area (Å²) in [5.74, 6) is 0.729. The first-order valence-electron chi connectivity index (χ1n) is 7.63. The van der Waals surface area contributed by atoms with E-state index in [2.05, 4.69) is 15.8 Å². The van der Waals surface area contributed by atoms with E-state index in [1.165, 1.54) is 0 Å². The molecule has 0 fully saturated rings. The van der Waals surface area contributed by atoms with Gasteiger partial charge in [-0.05, 0) is 30.7 Å². The summed E-state index contributed by atoms with van der Waals surface area (Å²) < 4.78 is 5.92. The third-order valence-corrected chi connectivity index (χ3v) is 3.62. The Bertz CT molecular complexity index is 815. The summed E-state index contributed by atoms with van der Waals surface area (Å²) in [6.07, 6.45) is 0.575. The number of amides is 2. The van der Waals surface area contributed by atoms with Gasteiger partial charge in [-0.15, -0.1) is 0 Å². The van der Waals surface area contributed by atoms with E-state index in [1.807, 2.05) is 43.3 Å². The van der Waals surface area contributed by atoms with Gasteiger partial charge in [0.1, 0.15) is 11.5 Å². The number of hydrogen-bond donors (Lipinski definition) is 2. The minimum atomic E-state index is -0.351. The summed E-state index contributed by atoms with van der Waals surface area (Å²) in [6.45, 7) is 1.95. The van der Waals surface area contributed by atoms with E-state index in [0.717, 1.165) is 11.3 Å². The van der Waals surface area contributed by atoms with Gasteiger partial charge in [0, 0.05) is 12.8 Å². The lowest BCUT2D eigenvalue weighted by atomic mass is 10.1. The Hall–Kier alpha value is -3.15. The van der Waals surface area contributed by atoms with Crippen molar-refractivity contribution in [2.45, 2.75) is 19.8 Å². The molecule has 122 valence electrons. The Kier molecular flexibility index (Phi) is 4.56. The smallest absolute Gasteiger partial charge is 0.271 e. The van der Waals surface area contributed by atoms with Gasteiger partial charge in [0.25, 0.3) is 5.91 Å². The Morgan fingerprint density at radius 1 is 1.08 bits per heavy atom. The van der Waals surface area contributed by atoms with Crippen molar-refractivity contribution in [2.75, 3.05) is 5.32 Å². The molecule has 0 atom stereocenters. The molecule has 0 bridgehead atoms. The molecule has 1 heterocycles. The normalized spacial score (nSPS) is 13.7. The van der Waals surface area contributed by atoms with E-state index in [1.54, 1.807) is 12.1 Å². The third-order valence-electron chi connectivity index (χ3n) is 3.62. The van der Waals surface area contributed by atoms with E-state index in [-0.39, 0.29) is 18.2 Å². The van der Waals surface area contributed by atoms with Crippen LogP contribution >= 0.6 is 0 Å². The van der Waals surface area contributed by atoms with Crippen LogP contribution in [0, 0.1) is 6.92 Å². The van der Waals surface area contributed by atoms with Crippen molar-refractivity contribution in [2.24, 2.45) is 5.10 Å². The number of para-hydroxylation sites is 3. The van der Waals surface area contributed by atoms with Crippen LogP contribution in [0.3, 0.4) is 0 Å². The number of carbonyl (C=O) groups excluding carboxylic acids is 2. The van der Waals surface area contributed by atoms with Crippen molar-refractivity contribution < 1.29 is 14.3 Å². The maximum atomic E-state index is 12.3. The first-order chi connectivity index (χ1) is 11.6. The van der Waals surface area contributed by atoms with Gasteiger partial charge in [0.2, 0.25) is 5.91 Å². The molecule has 0 aromatic heterocycles. The van der Waals surface area contributed by atoms with Crippen molar-refractivity contribution in [3.8, 4) is 11.5 Å². The van der Waals surface area contributed by atoms with E-state index >= 15 is 0 Å². The van der Waals surface area contributed by atoms with E-state index in [9.17, 15) is 9.59 Å². The number of hydrazone groups is 1. The zero-order valence-corrected chi connectivity index (χ0v) is 13.2. The second-order valence-corrected chi connectivity index (χ2v) is 5.41. The number of aryl methyl sites for hydroxylation is 1. The topological polar surface area (TPSA) is 79.8 Å². The van der Waals surface area contributed by atoms with Crippen molar-refractivity contribution in [1.29, 1.82) is 0 Å². The summed E-state index contributed by atoms with van der Waals surface area (Å²) in [5.41, 5.74) is 4.15. The SMILES string of the molecule is Cc1ccccc1Oc1ccccc1NC(=O)C1=NNC(=O)CC1. The lowest BCUT2D eigenvalue weighted by Crippen LogP contribution is -2.32. The molecule has 0 saturated carbocycles. The Balaban J connectivity index is 1.78. The summed E-state index contributed by atoms with van der Waals surface area (Å²) in [5, 5.41) is 6.59. The molecule has 1 aliphatic rings. The number of ether oxygens (including phenoxy) is 1. The minimum absolute atomic E-state index is 0.185. The highest BCUT2D eigenvalue weighted by Gasteiger charge is 2.19. The van der Waals surface area contributed by atoms with Gasteiger partial charge in [0.05, 0.1) is 5.69 Å². The summed E-state index contributed by atoms with van der Waals surface area (Å²) in [7, 11) is 0. The van der Waals surface area contributed by atoms with E-state index < -0.39 is 0 Å². The number of carbonyl (C=O) groups is 2. The van der Waals surface area contributed by atoms with Crippen LogP contribution in [-0.4, -0.2) is 17.5 Å². The van der Waals surface area contributed by atoms with Crippen LogP contribution in [0.1, 0.15) is 18.4 Å². The molecule has 1 aliphatic heterocycles. The summed E-state index contributed by atoms with van der Waals surface area (Å²) in [4.78, 5) is 23.4. The van der Waals surface area contributed by atoms with Gasteiger partial charge >= 0.3 is 0 Å². The van der Waals surface area contributed by atoms with Crippen LogP contribution in [0.2, 0.25) is 0 Å². The van der Waals surface area contributed by atoms with Gasteiger partial charge in [0.15, 0.2) is 5.75 Å². The summed E-state index contributed by atoms with van der Waals surface area (Å²) >= 11 is 0. The molecule has 3 rings (SSSR count). The maximum absolute atomic E-state index is 12.3. The number of nitrogens with zero attached hydrogens (tertiary/aromatic N) is 1. The molecule has 0 saturated heterocycles. The molecule has 2 aromatic carbocycles. The van der Waals surface area contributed by atoms with Gasteiger partial charge in [-0.3, -0.25) is 9.59 Å². The van der Waals surface area contributed by atoms with Gasteiger partial charge in [-0.25, -0.2) is 5.43 Å². The summed E-state index contributed by atoms with van der Waals surface area (Å²) in [6, 6.07) is 14.8. The van der Waals surface area contributed by atoms with Gasteiger partial charge < -0.3 is 10.1 Å². The number of benzene rings is 2. The molecule has 6 nitrogen and oxygen atoms in total. The third kappa shape index (κ3) is 3.60. The van der Waals surface area contributed by atoms with Crippen molar-refractivity contribution >= 4 is 23.2 Å². The monoisotopic (exact) mass is 323 g/mol. The zero-order chi connectivity index (χ0) is 16.9.